The van der Waals surface area contributed by atoms with Gasteiger partial charge < -0.3 is 19.6 Å². The van der Waals surface area contributed by atoms with E-state index in [1.54, 1.807) is 13.3 Å². The number of anilines is 1. The van der Waals surface area contributed by atoms with Crippen molar-refractivity contribution in [2.75, 3.05) is 38.1 Å². The molecule has 1 aliphatic rings. The van der Waals surface area contributed by atoms with Gasteiger partial charge in [0.1, 0.15) is 12.0 Å². The van der Waals surface area contributed by atoms with Crippen LogP contribution in [0.4, 0.5) is 5.69 Å². The molecule has 0 unspecified atom stereocenters. The standard InChI is InChI=1S/C16H20ClN5O.HI/c1-18-16(19-12-13-6-11-23-20-13)22-9-7-21(8-10-22)15-5-3-2-4-14(15)17;/h2-6,11H,7-10,12H2,1H3,(H,18,19);1H. The first kappa shape index (κ1) is 18.9. The van der Waals surface area contributed by atoms with E-state index in [2.05, 4.69) is 31.3 Å². The zero-order valence-corrected chi connectivity index (χ0v) is 16.6. The van der Waals surface area contributed by atoms with Crippen molar-refractivity contribution >= 4 is 47.2 Å². The van der Waals surface area contributed by atoms with Gasteiger partial charge in [0.25, 0.3) is 0 Å². The Morgan fingerprint density at radius 3 is 2.62 bits per heavy atom. The minimum atomic E-state index is 0. The Kier molecular flexibility index (Phi) is 7.16. The summed E-state index contributed by atoms with van der Waals surface area (Å²) in [6.45, 7) is 4.21. The number of aliphatic imine (C=N–C) groups is 1. The zero-order valence-electron chi connectivity index (χ0n) is 13.5. The van der Waals surface area contributed by atoms with Crippen LogP contribution in [-0.4, -0.2) is 49.2 Å². The minimum absolute atomic E-state index is 0. The molecule has 0 bridgehead atoms. The second-order valence-electron chi connectivity index (χ2n) is 5.32. The number of halogens is 2. The fourth-order valence-electron chi connectivity index (χ4n) is 2.70. The highest BCUT2D eigenvalue weighted by Crippen LogP contribution is 2.25. The lowest BCUT2D eigenvalue weighted by molar-refractivity contribution is 0.370. The molecular weight excluding hydrogens is 441 g/mol. The van der Waals surface area contributed by atoms with Crippen molar-refractivity contribution in [1.82, 2.24) is 15.4 Å². The maximum Gasteiger partial charge on any atom is 0.194 e. The summed E-state index contributed by atoms with van der Waals surface area (Å²) in [5.74, 6) is 0.881. The molecule has 2 heterocycles. The van der Waals surface area contributed by atoms with Gasteiger partial charge in [-0.1, -0.05) is 28.9 Å². The molecule has 0 atom stereocenters. The second-order valence-corrected chi connectivity index (χ2v) is 5.72. The molecule has 1 fully saturated rings. The fourth-order valence-corrected chi connectivity index (χ4v) is 2.95. The van der Waals surface area contributed by atoms with Crippen LogP contribution in [0.2, 0.25) is 5.02 Å². The summed E-state index contributed by atoms with van der Waals surface area (Å²) in [6, 6.07) is 9.82. The second kappa shape index (κ2) is 9.12. The summed E-state index contributed by atoms with van der Waals surface area (Å²) in [7, 11) is 1.80. The van der Waals surface area contributed by atoms with E-state index in [9.17, 15) is 0 Å². The van der Waals surface area contributed by atoms with Gasteiger partial charge in [-0.25, -0.2) is 0 Å². The van der Waals surface area contributed by atoms with E-state index < -0.39 is 0 Å². The summed E-state index contributed by atoms with van der Waals surface area (Å²) in [5, 5.41) is 8.01. The number of aromatic nitrogens is 1. The Morgan fingerprint density at radius 2 is 2.00 bits per heavy atom. The number of para-hydroxylation sites is 1. The van der Waals surface area contributed by atoms with Crippen LogP contribution < -0.4 is 10.2 Å². The molecule has 1 aromatic heterocycles. The number of hydrogen-bond acceptors (Lipinski definition) is 4. The number of nitrogens with zero attached hydrogens (tertiary/aromatic N) is 4. The van der Waals surface area contributed by atoms with E-state index in [-0.39, 0.29) is 24.0 Å². The first-order chi connectivity index (χ1) is 11.3. The van der Waals surface area contributed by atoms with Crippen LogP contribution in [0.15, 0.2) is 46.1 Å². The van der Waals surface area contributed by atoms with Crippen LogP contribution >= 0.6 is 35.6 Å². The van der Waals surface area contributed by atoms with Gasteiger partial charge in [-0.05, 0) is 12.1 Å². The summed E-state index contributed by atoms with van der Waals surface area (Å²) >= 11 is 6.28. The maximum absolute atomic E-state index is 6.28. The number of hydrogen-bond donors (Lipinski definition) is 1. The Morgan fingerprint density at radius 1 is 1.25 bits per heavy atom. The average molecular weight is 462 g/mol. The van der Waals surface area contributed by atoms with Gasteiger partial charge in [0.05, 0.1) is 17.3 Å². The number of piperazine rings is 1. The Balaban J connectivity index is 0.00000208. The van der Waals surface area contributed by atoms with Gasteiger partial charge in [-0.15, -0.1) is 24.0 Å². The van der Waals surface area contributed by atoms with E-state index in [1.165, 1.54) is 0 Å². The molecule has 0 saturated carbocycles. The van der Waals surface area contributed by atoms with E-state index in [0.717, 1.165) is 48.5 Å². The predicted molar refractivity (Wildman–Crippen MR) is 107 cm³/mol. The molecule has 24 heavy (non-hydrogen) atoms. The maximum atomic E-state index is 6.28. The van der Waals surface area contributed by atoms with Gasteiger partial charge in [0.2, 0.25) is 0 Å². The lowest BCUT2D eigenvalue weighted by Crippen LogP contribution is -2.52. The van der Waals surface area contributed by atoms with Crippen LogP contribution in [0.3, 0.4) is 0 Å². The molecule has 1 N–H and O–H groups in total. The van der Waals surface area contributed by atoms with E-state index >= 15 is 0 Å². The van der Waals surface area contributed by atoms with Crippen LogP contribution in [0, 0.1) is 0 Å². The predicted octanol–water partition coefficient (Wildman–Crippen LogP) is 2.84. The molecule has 1 aliphatic heterocycles. The molecule has 0 spiro atoms. The van der Waals surface area contributed by atoms with Crippen LogP contribution in [0.5, 0.6) is 0 Å². The molecule has 2 aromatic rings. The SMILES string of the molecule is CN=C(NCc1ccon1)N1CCN(c2ccccc2Cl)CC1.I. The normalized spacial score (nSPS) is 15.2. The summed E-state index contributed by atoms with van der Waals surface area (Å²) in [5.41, 5.74) is 1.96. The van der Waals surface area contributed by atoms with Gasteiger partial charge >= 0.3 is 0 Å². The molecule has 0 amide bonds. The number of benzene rings is 1. The Labute approximate surface area is 163 Å². The highest BCUT2D eigenvalue weighted by Gasteiger charge is 2.21. The fraction of sp³-hybridized carbons (Fsp3) is 0.375. The molecule has 8 heteroatoms. The van der Waals surface area contributed by atoms with Gasteiger partial charge in [-0.2, -0.15) is 0 Å². The molecule has 130 valence electrons. The average Bonchev–Trinajstić information content (AvgIpc) is 3.10. The highest BCUT2D eigenvalue weighted by molar-refractivity contribution is 14.0. The lowest BCUT2D eigenvalue weighted by atomic mass is 10.2. The van der Waals surface area contributed by atoms with Gasteiger partial charge in [0.15, 0.2) is 5.96 Å². The van der Waals surface area contributed by atoms with Crippen molar-refractivity contribution in [3.8, 4) is 0 Å². The summed E-state index contributed by atoms with van der Waals surface area (Å²) in [4.78, 5) is 8.91. The summed E-state index contributed by atoms with van der Waals surface area (Å²) < 4.78 is 4.84. The Bertz CT molecular complexity index is 656. The van der Waals surface area contributed by atoms with Crippen molar-refractivity contribution in [2.45, 2.75) is 6.54 Å². The molecular formula is C16H21ClIN5O. The van der Waals surface area contributed by atoms with Crippen molar-refractivity contribution in [3.63, 3.8) is 0 Å². The Hall–Kier alpha value is -1.48. The van der Waals surface area contributed by atoms with Crippen molar-refractivity contribution in [1.29, 1.82) is 0 Å². The van der Waals surface area contributed by atoms with Gasteiger partial charge in [-0.3, -0.25) is 4.99 Å². The molecule has 0 aliphatic carbocycles. The van der Waals surface area contributed by atoms with Crippen LogP contribution in [-0.2, 0) is 6.54 Å². The number of guanidine groups is 1. The van der Waals surface area contributed by atoms with E-state index in [4.69, 9.17) is 16.1 Å². The first-order valence-corrected chi connectivity index (χ1v) is 8.00. The van der Waals surface area contributed by atoms with Crippen molar-refractivity contribution < 1.29 is 4.52 Å². The van der Waals surface area contributed by atoms with Crippen molar-refractivity contribution in [3.05, 3.63) is 47.3 Å². The monoisotopic (exact) mass is 461 g/mol. The van der Waals surface area contributed by atoms with Crippen molar-refractivity contribution in [2.24, 2.45) is 4.99 Å². The highest BCUT2D eigenvalue weighted by atomic mass is 127. The molecule has 1 saturated heterocycles. The summed E-state index contributed by atoms with van der Waals surface area (Å²) in [6.07, 6.45) is 1.57. The lowest BCUT2D eigenvalue weighted by Gasteiger charge is -2.38. The third kappa shape index (κ3) is 4.54. The molecule has 6 nitrogen and oxygen atoms in total. The topological polar surface area (TPSA) is 56.9 Å². The number of nitrogens with one attached hydrogen (secondary N) is 1. The van der Waals surface area contributed by atoms with E-state index in [0.29, 0.717) is 6.54 Å². The quantitative estimate of drug-likeness (QED) is 0.433. The third-order valence-electron chi connectivity index (χ3n) is 3.90. The largest absolute Gasteiger partial charge is 0.367 e. The molecule has 3 rings (SSSR count). The zero-order chi connectivity index (χ0) is 16.1. The third-order valence-corrected chi connectivity index (χ3v) is 4.22. The van der Waals surface area contributed by atoms with Crippen LogP contribution in [0.1, 0.15) is 5.69 Å². The smallest absolute Gasteiger partial charge is 0.194 e. The molecule has 1 aromatic carbocycles. The number of rotatable bonds is 3. The minimum Gasteiger partial charge on any atom is -0.367 e. The van der Waals surface area contributed by atoms with Gasteiger partial charge in [0, 0.05) is 39.3 Å². The van der Waals surface area contributed by atoms with Crippen LogP contribution in [0.25, 0.3) is 0 Å². The molecule has 0 radical (unpaired) electrons. The van der Waals surface area contributed by atoms with E-state index in [1.807, 2.05) is 24.3 Å². The first-order valence-electron chi connectivity index (χ1n) is 7.62.